The summed E-state index contributed by atoms with van der Waals surface area (Å²) in [5, 5.41) is 4.19. The minimum absolute atomic E-state index is 0.446. The van der Waals surface area contributed by atoms with Crippen LogP contribution in [-0.2, 0) is 0 Å². The summed E-state index contributed by atoms with van der Waals surface area (Å²) in [6.07, 6.45) is 0. The third kappa shape index (κ3) is 5.91. The van der Waals surface area contributed by atoms with Crippen LogP contribution in [0.5, 0.6) is 0 Å². The first kappa shape index (κ1) is 17.9. The quantitative estimate of drug-likeness (QED) is 0.479. The molecule has 0 amide bonds. The molecule has 0 unspecified atom stereocenters. The highest BCUT2D eigenvalue weighted by Gasteiger charge is 2.14. The lowest BCUT2D eigenvalue weighted by Crippen LogP contribution is -2.20. The number of rotatable bonds is 3. The van der Waals surface area contributed by atoms with Crippen molar-refractivity contribution >= 4 is 40.0 Å². The van der Waals surface area contributed by atoms with Crippen molar-refractivity contribution in [3.05, 3.63) is 91.0 Å². The van der Waals surface area contributed by atoms with E-state index in [1.165, 1.54) is 15.9 Å². The molecule has 3 aromatic carbocycles. The summed E-state index contributed by atoms with van der Waals surface area (Å²) in [4.78, 5) is 0. The van der Waals surface area contributed by atoms with Gasteiger partial charge in [-0.05, 0) is 37.9 Å². The van der Waals surface area contributed by atoms with E-state index in [0.717, 1.165) is 0 Å². The molecule has 0 aliphatic heterocycles. The fourth-order valence-electron chi connectivity index (χ4n) is 2.18. The standard InChI is InChI=1S/C18H15P.C2H6BrN/c1-4-10-16(11-5-1)19(17-12-6-2-7-13-17)18-14-8-3-9-15-18;1-4(2)3/h1-15H;1-2H3. The average Bonchev–Trinajstić information content (AvgIpc) is 2.58. The highest BCUT2D eigenvalue weighted by Crippen LogP contribution is 2.32. The third-order valence-electron chi connectivity index (χ3n) is 3.04. The molecule has 1 nitrogen and oxygen atoms in total. The summed E-state index contributed by atoms with van der Waals surface area (Å²) >= 11 is 3.10. The summed E-state index contributed by atoms with van der Waals surface area (Å²) in [5.74, 6) is 0. The fraction of sp³-hybridized carbons (Fsp3) is 0.100. The van der Waals surface area contributed by atoms with Crippen molar-refractivity contribution in [2.75, 3.05) is 14.1 Å². The SMILES string of the molecule is CN(C)Br.c1ccc(P(c2ccccc2)c2ccccc2)cc1. The molecule has 0 N–H and O–H groups in total. The van der Waals surface area contributed by atoms with Gasteiger partial charge in [0.1, 0.15) is 0 Å². The fourth-order valence-corrected chi connectivity index (χ4v) is 4.48. The lowest BCUT2D eigenvalue weighted by Gasteiger charge is -2.18. The number of benzene rings is 3. The monoisotopic (exact) mass is 385 g/mol. The molecular formula is C20H21BrNP. The molecule has 0 fully saturated rings. The van der Waals surface area contributed by atoms with Crippen LogP contribution in [0.1, 0.15) is 0 Å². The molecule has 118 valence electrons. The Kier molecular flexibility index (Phi) is 7.48. The van der Waals surface area contributed by atoms with Gasteiger partial charge in [-0.15, -0.1) is 0 Å². The van der Waals surface area contributed by atoms with Crippen LogP contribution in [0, 0.1) is 0 Å². The van der Waals surface area contributed by atoms with E-state index >= 15 is 0 Å². The van der Waals surface area contributed by atoms with E-state index in [1.54, 1.807) is 0 Å². The van der Waals surface area contributed by atoms with Crippen LogP contribution in [0.25, 0.3) is 0 Å². The Morgan fingerprint density at radius 2 is 0.783 bits per heavy atom. The molecule has 0 bridgehead atoms. The maximum Gasteiger partial charge on any atom is 0.0114 e. The van der Waals surface area contributed by atoms with Gasteiger partial charge in [0.25, 0.3) is 0 Å². The van der Waals surface area contributed by atoms with Crippen molar-refractivity contribution in [3.63, 3.8) is 0 Å². The summed E-state index contributed by atoms with van der Waals surface area (Å²) in [6.45, 7) is 0. The zero-order valence-electron chi connectivity index (χ0n) is 13.4. The van der Waals surface area contributed by atoms with Gasteiger partial charge >= 0.3 is 0 Å². The van der Waals surface area contributed by atoms with Crippen LogP contribution >= 0.6 is 24.1 Å². The van der Waals surface area contributed by atoms with Crippen LogP contribution in [0.2, 0.25) is 0 Å². The molecule has 0 saturated carbocycles. The Labute approximate surface area is 149 Å². The van der Waals surface area contributed by atoms with Gasteiger partial charge in [-0.3, -0.25) is 0 Å². The van der Waals surface area contributed by atoms with Gasteiger partial charge in [0.05, 0.1) is 0 Å². The predicted octanol–water partition coefficient (Wildman–Crippen LogP) is 4.30. The third-order valence-corrected chi connectivity index (χ3v) is 5.49. The molecule has 3 rings (SSSR count). The Morgan fingerprint density at radius 1 is 0.565 bits per heavy atom. The van der Waals surface area contributed by atoms with Crippen molar-refractivity contribution < 1.29 is 0 Å². The molecule has 0 aliphatic rings. The van der Waals surface area contributed by atoms with Crippen molar-refractivity contribution in [1.82, 2.24) is 3.93 Å². The molecule has 0 heterocycles. The molecule has 0 aliphatic carbocycles. The topological polar surface area (TPSA) is 3.24 Å². The van der Waals surface area contributed by atoms with Gasteiger partial charge in [0.15, 0.2) is 0 Å². The van der Waals surface area contributed by atoms with Crippen LogP contribution < -0.4 is 15.9 Å². The zero-order valence-corrected chi connectivity index (χ0v) is 15.9. The van der Waals surface area contributed by atoms with Gasteiger partial charge < -0.3 is 0 Å². The van der Waals surface area contributed by atoms with E-state index in [2.05, 4.69) is 107 Å². The molecule has 0 saturated heterocycles. The van der Waals surface area contributed by atoms with Crippen LogP contribution in [0.3, 0.4) is 0 Å². The number of hydrogen-bond acceptors (Lipinski definition) is 1. The smallest absolute Gasteiger partial charge is 0.0114 e. The van der Waals surface area contributed by atoms with Crippen molar-refractivity contribution in [1.29, 1.82) is 0 Å². The number of halogens is 1. The second-order valence-electron chi connectivity index (χ2n) is 5.13. The molecular weight excluding hydrogens is 365 g/mol. The van der Waals surface area contributed by atoms with Gasteiger partial charge in [-0.1, -0.05) is 91.0 Å². The first-order valence-electron chi connectivity index (χ1n) is 7.47. The minimum atomic E-state index is -0.446. The van der Waals surface area contributed by atoms with Crippen molar-refractivity contribution in [3.8, 4) is 0 Å². The van der Waals surface area contributed by atoms with Crippen LogP contribution in [-0.4, -0.2) is 18.0 Å². The van der Waals surface area contributed by atoms with E-state index < -0.39 is 7.92 Å². The van der Waals surface area contributed by atoms with Gasteiger partial charge in [0.2, 0.25) is 0 Å². The lowest BCUT2D eigenvalue weighted by molar-refractivity contribution is 0.729. The van der Waals surface area contributed by atoms with Crippen molar-refractivity contribution in [2.45, 2.75) is 0 Å². The summed E-state index contributed by atoms with van der Waals surface area (Å²) in [7, 11) is 3.39. The van der Waals surface area contributed by atoms with E-state index in [-0.39, 0.29) is 0 Å². The average molecular weight is 386 g/mol. The Hall–Kier alpha value is -1.47. The molecule has 3 heteroatoms. The molecule has 0 spiro atoms. The van der Waals surface area contributed by atoms with Crippen LogP contribution in [0.4, 0.5) is 0 Å². The Balaban J connectivity index is 0.000000433. The first-order chi connectivity index (χ1) is 11.2. The molecule has 0 radical (unpaired) electrons. The summed E-state index contributed by atoms with van der Waals surface area (Å²) in [5.41, 5.74) is 0. The number of hydrogen-bond donors (Lipinski definition) is 0. The zero-order chi connectivity index (χ0) is 16.5. The van der Waals surface area contributed by atoms with Crippen LogP contribution in [0.15, 0.2) is 91.0 Å². The van der Waals surface area contributed by atoms with E-state index in [1.807, 2.05) is 18.0 Å². The highest BCUT2D eigenvalue weighted by atomic mass is 79.9. The van der Waals surface area contributed by atoms with Gasteiger partial charge in [-0.2, -0.15) is 0 Å². The Morgan fingerprint density at radius 3 is 1.00 bits per heavy atom. The first-order valence-corrected chi connectivity index (χ1v) is 9.52. The Bertz CT molecular complexity index is 575. The minimum Gasteiger partial charge on any atom is -0.249 e. The maximum atomic E-state index is 3.10. The predicted molar refractivity (Wildman–Crippen MR) is 108 cm³/mol. The van der Waals surface area contributed by atoms with E-state index in [0.29, 0.717) is 0 Å². The van der Waals surface area contributed by atoms with Gasteiger partial charge in [0, 0.05) is 16.1 Å². The summed E-state index contributed by atoms with van der Waals surface area (Å²) in [6, 6.07) is 32.3. The normalized spacial score (nSPS) is 10.3. The largest absolute Gasteiger partial charge is 0.249 e. The lowest BCUT2D eigenvalue weighted by atomic mass is 10.4. The molecule has 0 aromatic heterocycles. The summed E-state index contributed by atoms with van der Waals surface area (Å²) < 4.78 is 1.81. The van der Waals surface area contributed by atoms with E-state index in [9.17, 15) is 0 Å². The second kappa shape index (κ2) is 9.62. The van der Waals surface area contributed by atoms with Gasteiger partial charge in [-0.25, -0.2) is 3.93 Å². The molecule has 0 atom stereocenters. The maximum absolute atomic E-state index is 3.10. The van der Waals surface area contributed by atoms with E-state index in [4.69, 9.17) is 0 Å². The number of nitrogens with zero attached hydrogens (tertiary/aromatic N) is 1. The molecule has 3 aromatic rings. The molecule has 23 heavy (non-hydrogen) atoms. The van der Waals surface area contributed by atoms with Crippen molar-refractivity contribution in [2.24, 2.45) is 0 Å². The highest BCUT2D eigenvalue weighted by molar-refractivity contribution is 9.07. The second-order valence-corrected chi connectivity index (χ2v) is 8.77.